The van der Waals surface area contributed by atoms with Crippen LogP contribution in [-0.4, -0.2) is 6.10 Å². The van der Waals surface area contributed by atoms with Gasteiger partial charge in [0.05, 0.1) is 6.10 Å². The van der Waals surface area contributed by atoms with Gasteiger partial charge in [-0.1, -0.05) is 68.4 Å². The minimum absolute atomic E-state index is 0. The molecule has 2 aromatic rings. The summed E-state index contributed by atoms with van der Waals surface area (Å²) in [6.07, 6.45) is 4.41. The number of rotatable bonds is 4. The predicted octanol–water partition coefficient (Wildman–Crippen LogP) is 4.02. The van der Waals surface area contributed by atoms with Crippen LogP contribution in [0.5, 0.6) is 0 Å². The molecule has 0 saturated heterocycles. The fourth-order valence-corrected chi connectivity index (χ4v) is 8.29. The van der Waals surface area contributed by atoms with Crippen molar-refractivity contribution in [3.05, 3.63) is 58.6 Å². The Balaban J connectivity index is 0.00000245. The Morgan fingerprint density at radius 1 is 1.12 bits per heavy atom. The van der Waals surface area contributed by atoms with E-state index in [0.717, 1.165) is 34.6 Å². The van der Waals surface area contributed by atoms with E-state index < -0.39 is 13.9 Å². The molecular formula is C24H25ClNaO4PS. The topological polar surface area (TPSA) is 58.6 Å². The maximum Gasteiger partial charge on any atom is 1.00 e. The molecule has 2 bridgehead atoms. The summed E-state index contributed by atoms with van der Waals surface area (Å²) in [5.74, 6) is 0.710. The van der Waals surface area contributed by atoms with Crippen LogP contribution < -0.4 is 34.5 Å². The molecule has 0 amide bonds. The number of phosphoric acid groups is 1. The van der Waals surface area contributed by atoms with Crippen LogP contribution in [0.1, 0.15) is 51.2 Å². The van der Waals surface area contributed by atoms with Crippen LogP contribution in [0.25, 0.3) is 11.8 Å². The van der Waals surface area contributed by atoms with Crippen LogP contribution in [0, 0.1) is 16.7 Å². The Morgan fingerprint density at radius 2 is 1.84 bits per heavy atom. The number of fused-ring (bicyclic) bond motifs is 4. The molecule has 4 atom stereocenters. The maximum atomic E-state index is 13.2. The first-order valence-electron chi connectivity index (χ1n) is 10.6. The molecule has 3 aliphatic rings. The van der Waals surface area contributed by atoms with Crippen LogP contribution in [0.3, 0.4) is 0 Å². The Morgan fingerprint density at radius 3 is 2.56 bits per heavy atom. The average Bonchev–Trinajstić information content (AvgIpc) is 3.12. The van der Waals surface area contributed by atoms with Crippen LogP contribution in [0.2, 0.25) is 5.02 Å². The molecule has 5 rings (SSSR count). The Hall–Kier alpha value is -0.230. The van der Waals surface area contributed by atoms with Crippen molar-refractivity contribution in [2.75, 3.05) is 0 Å². The van der Waals surface area contributed by atoms with E-state index in [1.807, 2.05) is 36.4 Å². The number of hydrogen-bond acceptors (Lipinski definition) is 5. The molecule has 0 spiro atoms. The van der Waals surface area contributed by atoms with E-state index in [1.165, 1.54) is 0 Å². The van der Waals surface area contributed by atoms with E-state index in [1.54, 1.807) is 23.9 Å². The number of benzene rings is 2. The minimum atomic E-state index is -4.64. The summed E-state index contributed by atoms with van der Waals surface area (Å²) in [6.45, 7) is 6.36. The van der Waals surface area contributed by atoms with Crippen molar-refractivity contribution in [2.24, 2.45) is 16.7 Å². The molecule has 0 aromatic heterocycles. The number of halogens is 1. The average molecular weight is 499 g/mol. The van der Waals surface area contributed by atoms with Gasteiger partial charge in [-0.3, -0.25) is 4.57 Å². The van der Waals surface area contributed by atoms with Gasteiger partial charge in [0.2, 0.25) is 0 Å². The molecule has 1 aliphatic heterocycles. The van der Waals surface area contributed by atoms with Crippen LogP contribution in [-0.2, 0) is 13.6 Å². The van der Waals surface area contributed by atoms with Gasteiger partial charge in [0.25, 0.3) is 0 Å². The molecule has 164 valence electrons. The summed E-state index contributed by atoms with van der Waals surface area (Å²) >= 11 is 7.98. The molecule has 1 heterocycles. The van der Waals surface area contributed by atoms with Crippen molar-refractivity contribution in [3.63, 3.8) is 0 Å². The molecule has 1 unspecified atom stereocenters. The largest absolute Gasteiger partial charge is 1.00 e. The molecular weight excluding hydrogens is 474 g/mol. The van der Waals surface area contributed by atoms with Crippen LogP contribution in [0.15, 0.2) is 52.3 Å². The van der Waals surface area contributed by atoms with E-state index in [9.17, 15) is 9.46 Å². The first-order chi connectivity index (χ1) is 14.6. The monoisotopic (exact) mass is 498 g/mol. The molecule has 32 heavy (non-hydrogen) atoms. The Bertz CT molecular complexity index is 1130. The third kappa shape index (κ3) is 4.29. The molecule has 0 N–H and O–H groups in total. The van der Waals surface area contributed by atoms with Crippen molar-refractivity contribution >= 4 is 43.0 Å². The summed E-state index contributed by atoms with van der Waals surface area (Å²) in [5.41, 5.74) is 1.10. The van der Waals surface area contributed by atoms with E-state index in [2.05, 4.69) is 20.8 Å². The summed E-state index contributed by atoms with van der Waals surface area (Å²) in [6, 6.07) is 13.2. The quantitative estimate of drug-likeness (QED) is 0.471. The standard InChI is InChI=1S/C24H26ClO4PS.Na/c1-23(2)15-11-12-24(3,14-15)22(23)29-30(26,27)28-19-13-17-18(25)8-6-10-21(17)31-20-9-5-4-7-16(19)20;/h4-10,13,15,22H,11-12,14H2,1-3H3,(H,26,27);/q;+1/p-1/t15-,22-,24+;/m1./s1. The fourth-order valence-electron chi connectivity index (χ4n) is 5.70. The van der Waals surface area contributed by atoms with Crippen molar-refractivity contribution in [2.45, 2.75) is 55.9 Å². The summed E-state index contributed by atoms with van der Waals surface area (Å²) in [5, 5.41) is 0.544. The van der Waals surface area contributed by atoms with Gasteiger partial charge in [0.15, 0.2) is 0 Å². The third-order valence-corrected chi connectivity index (χ3v) is 9.61. The second kappa shape index (κ2) is 8.77. The molecule has 0 radical (unpaired) electrons. The summed E-state index contributed by atoms with van der Waals surface area (Å²) < 4.78 is 24.7. The molecule has 2 saturated carbocycles. The van der Waals surface area contributed by atoms with E-state index >= 15 is 0 Å². The van der Waals surface area contributed by atoms with E-state index in [4.69, 9.17) is 20.6 Å². The van der Waals surface area contributed by atoms with Crippen molar-refractivity contribution in [3.8, 4) is 0 Å². The normalized spacial score (nSPS) is 29.1. The van der Waals surface area contributed by atoms with Crippen LogP contribution >= 0.6 is 31.2 Å². The Kier molecular flexibility index (Phi) is 6.82. The van der Waals surface area contributed by atoms with Crippen molar-refractivity contribution < 1.29 is 48.1 Å². The predicted molar refractivity (Wildman–Crippen MR) is 123 cm³/mol. The van der Waals surface area contributed by atoms with Gasteiger partial charge in [-0.15, -0.1) is 0 Å². The second-order valence-corrected chi connectivity index (χ2v) is 12.5. The zero-order valence-corrected chi connectivity index (χ0v) is 23.2. The Labute approximate surface area is 221 Å². The maximum absolute atomic E-state index is 13.2. The zero-order valence-electron chi connectivity index (χ0n) is 18.8. The van der Waals surface area contributed by atoms with Gasteiger partial charge in [-0.2, -0.15) is 0 Å². The summed E-state index contributed by atoms with van der Waals surface area (Å²) in [7, 11) is -4.64. The SMILES string of the molecule is CC1(C)[C@@H]2CC[C@@](C)(C2)[C@@H]1OP(=O)([O-])OC1=Cc2c(Cl)cccc2Sc2ccccc21.[Na+]. The molecule has 8 heteroatoms. The number of phosphoric ester groups is 1. The number of hydrogen-bond donors (Lipinski definition) is 0. The molecule has 2 aromatic carbocycles. The summed E-state index contributed by atoms with van der Waals surface area (Å²) in [4.78, 5) is 15.0. The third-order valence-electron chi connectivity index (χ3n) is 7.24. The van der Waals surface area contributed by atoms with Gasteiger partial charge in [0, 0.05) is 25.9 Å². The van der Waals surface area contributed by atoms with Gasteiger partial charge >= 0.3 is 37.4 Å². The fraction of sp³-hybridized carbons (Fsp3) is 0.417. The minimum Gasteiger partial charge on any atom is -0.746 e. The first kappa shape index (κ1) is 24.9. The zero-order chi connectivity index (χ0) is 22.0. The van der Waals surface area contributed by atoms with Crippen LogP contribution in [0.4, 0.5) is 0 Å². The molecule has 2 aliphatic carbocycles. The first-order valence-corrected chi connectivity index (χ1v) is 13.2. The van der Waals surface area contributed by atoms with Crippen molar-refractivity contribution in [1.29, 1.82) is 0 Å². The van der Waals surface area contributed by atoms with Gasteiger partial charge in [-0.05, 0) is 60.3 Å². The smallest absolute Gasteiger partial charge is 0.746 e. The van der Waals surface area contributed by atoms with E-state index in [-0.39, 0.29) is 46.1 Å². The van der Waals surface area contributed by atoms with E-state index in [0.29, 0.717) is 16.5 Å². The van der Waals surface area contributed by atoms with Gasteiger partial charge in [-0.25, -0.2) is 0 Å². The molecule has 4 nitrogen and oxygen atoms in total. The second-order valence-electron chi connectivity index (χ2n) is 9.70. The van der Waals surface area contributed by atoms with Gasteiger partial charge < -0.3 is 13.9 Å². The van der Waals surface area contributed by atoms with Gasteiger partial charge in [0.1, 0.15) is 5.76 Å². The molecule has 2 fully saturated rings. The van der Waals surface area contributed by atoms with Crippen molar-refractivity contribution in [1.82, 2.24) is 0 Å².